The fourth-order valence-corrected chi connectivity index (χ4v) is 1.45. The first-order chi connectivity index (χ1) is 8.78. The molecule has 0 saturated carbocycles. The van der Waals surface area contributed by atoms with Crippen molar-refractivity contribution in [3.05, 3.63) is 48.0 Å². The second-order valence-electron chi connectivity index (χ2n) is 3.67. The van der Waals surface area contributed by atoms with Crippen molar-refractivity contribution in [2.45, 2.75) is 18.8 Å². The largest absolute Gasteiger partial charge is 0.462 e. The van der Waals surface area contributed by atoms with Gasteiger partial charge >= 0.3 is 17.8 Å². The van der Waals surface area contributed by atoms with Crippen molar-refractivity contribution in [3.8, 4) is 0 Å². The number of carbonyl (C=O) groups excluding carboxylic acids is 1. The average Bonchev–Trinajstić information content (AvgIpc) is 2.38. The van der Waals surface area contributed by atoms with Gasteiger partial charge in [-0.1, -0.05) is 24.8 Å². The van der Waals surface area contributed by atoms with E-state index in [-0.39, 0.29) is 12.7 Å². The van der Waals surface area contributed by atoms with E-state index in [1.165, 1.54) is 13.0 Å². The lowest BCUT2D eigenvalue weighted by Crippen LogP contribution is -2.37. The van der Waals surface area contributed by atoms with Gasteiger partial charge in [0.05, 0.1) is 12.2 Å². The Balaban J connectivity index is 3.35. The van der Waals surface area contributed by atoms with Crippen LogP contribution in [0.4, 0.5) is 17.6 Å². The van der Waals surface area contributed by atoms with E-state index in [1.807, 2.05) is 0 Å². The van der Waals surface area contributed by atoms with Crippen molar-refractivity contribution in [2.24, 2.45) is 0 Å². The fourth-order valence-electron chi connectivity index (χ4n) is 1.45. The van der Waals surface area contributed by atoms with Crippen molar-refractivity contribution < 1.29 is 27.1 Å². The van der Waals surface area contributed by atoms with Gasteiger partial charge in [-0.2, -0.15) is 17.6 Å². The fraction of sp³-hybridized carbons (Fsp3) is 0.308. The number of hydrogen-bond donors (Lipinski definition) is 0. The van der Waals surface area contributed by atoms with Crippen molar-refractivity contribution in [1.29, 1.82) is 0 Å². The van der Waals surface area contributed by atoms with Crippen LogP contribution >= 0.6 is 0 Å². The number of ether oxygens (including phenoxy) is 1. The predicted octanol–water partition coefficient (Wildman–Crippen LogP) is 3.78. The SMILES string of the molecule is C=CC(F)(F)C(F)(F)c1ccccc1C(=O)OCC. The Kier molecular flexibility index (Phi) is 4.34. The third-order valence-corrected chi connectivity index (χ3v) is 2.44. The Bertz CT molecular complexity index is 483. The minimum Gasteiger partial charge on any atom is -0.462 e. The maximum absolute atomic E-state index is 13.8. The molecular formula is C13H12F4O2. The van der Waals surface area contributed by atoms with Crippen LogP contribution in [0.5, 0.6) is 0 Å². The highest BCUT2D eigenvalue weighted by atomic mass is 19.3. The van der Waals surface area contributed by atoms with Crippen molar-refractivity contribution >= 4 is 5.97 Å². The Hall–Kier alpha value is -1.85. The highest BCUT2D eigenvalue weighted by Crippen LogP contribution is 2.44. The highest BCUT2D eigenvalue weighted by Gasteiger charge is 2.56. The smallest absolute Gasteiger partial charge is 0.339 e. The monoisotopic (exact) mass is 276 g/mol. The van der Waals surface area contributed by atoms with Crippen LogP contribution in [0.25, 0.3) is 0 Å². The number of allylic oxidation sites excluding steroid dienone is 1. The number of benzene rings is 1. The molecule has 104 valence electrons. The molecule has 0 atom stereocenters. The molecular weight excluding hydrogens is 264 g/mol. The molecule has 1 aromatic rings. The second-order valence-corrected chi connectivity index (χ2v) is 3.67. The summed E-state index contributed by atoms with van der Waals surface area (Å²) in [7, 11) is 0. The van der Waals surface area contributed by atoms with Crippen LogP contribution in [-0.4, -0.2) is 18.5 Å². The van der Waals surface area contributed by atoms with Crippen molar-refractivity contribution in [1.82, 2.24) is 0 Å². The van der Waals surface area contributed by atoms with Crippen LogP contribution in [0.2, 0.25) is 0 Å². The quantitative estimate of drug-likeness (QED) is 0.465. The van der Waals surface area contributed by atoms with E-state index in [0.29, 0.717) is 0 Å². The van der Waals surface area contributed by atoms with E-state index < -0.39 is 28.9 Å². The first-order valence-electron chi connectivity index (χ1n) is 5.43. The topological polar surface area (TPSA) is 26.3 Å². The van der Waals surface area contributed by atoms with E-state index in [1.54, 1.807) is 0 Å². The van der Waals surface area contributed by atoms with Gasteiger partial charge in [-0.05, 0) is 19.1 Å². The number of rotatable bonds is 5. The van der Waals surface area contributed by atoms with Crippen molar-refractivity contribution in [2.75, 3.05) is 6.61 Å². The van der Waals surface area contributed by atoms with Crippen LogP contribution in [0, 0.1) is 0 Å². The van der Waals surface area contributed by atoms with Crippen LogP contribution in [-0.2, 0) is 10.7 Å². The molecule has 0 radical (unpaired) electrons. The van der Waals surface area contributed by atoms with E-state index in [0.717, 1.165) is 18.2 Å². The Morgan fingerprint density at radius 2 is 1.89 bits per heavy atom. The first-order valence-corrected chi connectivity index (χ1v) is 5.43. The molecule has 1 aromatic carbocycles. The lowest BCUT2D eigenvalue weighted by Gasteiger charge is -2.25. The zero-order chi connectivity index (χ0) is 14.7. The predicted molar refractivity (Wildman–Crippen MR) is 61.4 cm³/mol. The third-order valence-electron chi connectivity index (χ3n) is 2.44. The van der Waals surface area contributed by atoms with Gasteiger partial charge in [-0.15, -0.1) is 0 Å². The lowest BCUT2D eigenvalue weighted by molar-refractivity contribution is -0.186. The van der Waals surface area contributed by atoms with Gasteiger partial charge in [0.25, 0.3) is 0 Å². The number of alkyl halides is 4. The minimum atomic E-state index is -4.54. The molecule has 0 saturated heterocycles. The summed E-state index contributed by atoms with van der Waals surface area (Å²) in [6.45, 7) is 4.13. The van der Waals surface area contributed by atoms with Gasteiger partial charge in [0.1, 0.15) is 0 Å². The maximum atomic E-state index is 13.8. The van der Waals surface area contributed by atoms with E-state index in [4.69, 9.17) is 0 Å². The molecule has 0 fully saturated rings. The van der Waals surface area contributed by atoms with Crippen molar-refractivity contribution in [3.63, 3.8) is 0 Å². The Labute approximate surface area is 107 Å². The van der Waals surface area contributed by atoms with Gasteiger partial charge in [-0.3, -0.25) is 0 Å². The normalized spacial score (nSPS) is 12.1. The van der Waals surface area contributed by atoms with Gasteiger partial charge in [0.2, 0.25) is 0 Å². The molecule has 0 aliphatic carbocycles. The molecule has 0 heterocycles. The zero-order valence-electron chi connectivity index (χ0n) is 10.1. The summed E-state index contributed by atoms with van der Waals surface area (Å²) in [6.07, 6.45) is -0.144. The molecule has 0 unspecified atom stereocenters. The van der Waals surface area contributed by atoms with Gasteiger partial charge in [0, 0.05) is 5.56 Å². The average molecular weight is 276 g/mol. The molecule has 2 nitrogen and oxygen atoms in total. The summed E-state index contributed by atoms with van der Waals surface area (Å²) >= 11 is 0. The molecule has 19 heavy (non-hydrogen) atoms. The summed E-state index contributed by atoms with van der Waals surface area (Å²) in [4.78, 5) is 11.5. The standard InChI is InChI=1S/C13H12F4O2/c1-3-12(14,15)13(16,17)10-8-6-5-7-9(10)11(18)19-4-2/h3,5-8H,1,4H2,2H3. The van der Waals surface area contributed by atoms with Crippen LogP contribution in [0.15, 0.2) is 36.9 Å². The van der Waals surface area contributed by atoms with Crippen LogP contribution in [0.1, 0.15) is 22.8 Å². The lowest BCUT2D eigenvalue weighted by atomic mass is 9.97. The summed E-state index contributed by atoms with van der Waals surface area (Å²) in [6, 6.07) is 4.22. The number of carbonyl (C=O) groups is 1. The molecule has 0 spiro atoms. The van der Waals surface area contributed by atoms with Gasteiger partial charge in [0.15, 0.2) is 0 Å². The number of hydrogen-bond acceptors (Lipinski definition) is 2. The summed E-state index contributed by atoms with van der Waals surface area (Å²) in [5, 5.41) is 0. The molecule has 1 rings (SSSR count). The Morgan fingerprint density at radius 1 is 1.32 bits per heavy atom. The summed E-state index contributed by atoms with van der Waals surface area (Å²) in [5.41, 5.74) is -1.67. The molecule has 0 aromatic heterocycles. The summed E-state index contributed by atoms with van der Waals surface area (Å²) < 4.78 is 58.6. The number of esters is 1. The maximum Gasteiger partial charge on any atom is 0.339 e. The minimum absolute atomic E-state index is 0.0450. The van der Waals surface area contributed by atoms with Gasteiger partial charge in [-0.25, -0.2) is 4.79 Å². The van der Waals surface area contributed by atoms with E-state index in [2.05, 4.69) is 11.3 Å². The molecule has 0 N–H and O–H groups in total. The molecule has 0 aliphatic rings. The first kappa shape index (κ1) is 15.2. The third kappa shape index (κ3) is 2.77. The molecule has 0 amide bonds. The molecule has 0 bridgehead atoms. The molecule has 0 aliphatic heterocycles. The summed E-state index contributed by atoms with van der Waals surface area (Å²) in [5.74, 6) is -10.1. The molecule has 6 heteroatoms. The zero-order valence-corrected chi connectivity index (χ0v) is 10.1. The number of halogens is 4. The highest BCUT2D eigenvalue weighted by molar-refractivity contribution is 5.91. The van der Waals surface area contributed by atoms with E-state index in [9.17, 15) is 22.4 Å². The van der Waals surface area contributed by atoms with Gasteiger partial charge < -0.3 is 4.74 Å². The van der Waals surface area contributed by atoms with Crippen LogP contribution in [0.3, 0.4) is 0 Å². The second kappa shape index (κ2) is 5.42. The van der Waals surface area contributed by atoms with E-state index >= 15 is 0 Å². The van der Waals surface area contributed by atoms with Crippen LogP contribution < -0.4 is 0 Å². The Morgan fingerprint density at radius 3 is 2.42 bits per heavy atom.